The molecule has 2 unspecified atom stereocenters. The minimum absolute atomic E-state index is 0.104. The summed E-state index contributed by atoms with van der Waals surface area (Å²) in [7, 11) is 0. The van der Waals surface area contributed by atoms with Gasteiger partial charge in [0.05, 0.1) is 6.04 Å². The minimum Gasteiger partial charge on any atom is -0.478 e. The van der Waals surface area contributed by atoms with E-state index < -0.39 is 12.0 Å². The summed E-state index contributed by atoms with van der Waals surface area (Å²) < 4.78 is 0. The van der Waals surface area contributed by atoms with Crippen molar-refractivity contribution in [3.8, 4) is 0 Å². The largest absolute Gasteiger partial charge is 0.478 e. The molecule has 0 aromatic rings. The number of carboxylic acid groups (broad SMARTS) is 1. The molecular formula is C7H10N2O3. The highest BCUT2D eigenvalue weighted by Gasteiger charge is 2.34. The Balaban J connectivity index is 2.26. The van der Waals surface area contributed by atoms with Crippen molar-refractivity contribution < 1.29 is 14.7 Å². The molecule has 1 saturated heterocycles. The Bertz CT molecular complexity index is 237. The molecule has 5 nitrogen and oxygen atoms in total. The van der Waals surface area contributed by atoms with Gasteiger partial charge in [-0.25, -0.2) is 4.79 Å². The lowest BCUT2D eigenvalue weighted by molar-refractivity contribution is -0.131. The van der Waals surface area contributed by atoms with Crippen LogP contribution < -0.4 is 11.1 Å². The highest BCUT2D eigenvalue weighted by molar-refractivity contribution is 5.89. The maximum Gasteiger partial charge on any atom is 0.327 e. The van der Waals surface area contributed by atoms with Crippen LogP contribution in [0.25, 0.3) is 0 Å². The van der Waals surface area contributed by atoms with Crippen LogP contribution in [0, 0.1) is 0 Å². The van der Waals surface area contributed by atoms with Crippen molar-refractivity contribution in [2.24, 2.45) is 5.73 Å². The number of carbonyl (C=O) groups excluding carboxylic acids is 1. The Hall–Kier alpha value is -1.36. The normalized spacial score (nSPS) is 28.2. The smallest absolute Gasteiger partial charge is 0.327 e. The molecule has 1 aliphatic rings. The number of rotatable bonds is 3. The third kappa shape index (κ3) is 1.82. The van der Waals surface area contributed by atoms with E-state index in [0.717, 1.165) is 6.08 Å². The van der Waals surface area contributed by atoms with Crippen LogP contribution in [0.1, 0.15) is 6.42 Å². The van der Waals surface area contributed by atoms with E-state index in [1.54, 1.807) is 0 Å². The molecule has 0 saturated carbocycles. The SMILES string of the molecule is NC1C(=O)NC1CC=CC(=O)O. The van der Waals surface area contributed by atoms with Gasteiger partial charge in [-0.2, -0.15) is 0 Å². The number of carbonyl (C=O) groups is 2. The van der Waals surface area contributed by atoms with Crippen LogP contribution in [0.15, 0.2) is 12.2 Å². The second-order valence-electron chi connectivity index (χ2n) is 2.62. The maximum atomic E-state index is 10.6. The van der Waals surface area contributed by atoms with Crippen LogP contribution in [0.2, 0.25) is 0 Å². The van der Waals surface area contributed by atoms with Crippen LogP contribution in [0.3, 0.4) is 0 Å². The van der Waals surface area contributed by atoms with Crippen LogP contribution in [0.4, 0.5) is 0 Å². The van der Waals surface area contributed by atoms with E-state index in [1.165, 1.54) is 6.08 Å². The van der Waals surface area contributed by atoms with Gasteiger partial charge in [-0.3, -0.25) is 4.79 Å². The summed E-state index contributed by atoms with van der Waals surface area (Å²) in [6.45, 7) is 0. The molecule has 0 radical (unpaired) electrons. The van der Waals surface area contributed by atoms with Gasteiger partial charge in [-0.1, -0.05) is 6.08 Å². The first-order valence-electron chi connectivity index (χ1n) is 3.56. The summed E-state index contributed by atoms with van der Waals surface area (Å²) in [5.41, 5.74) is 5.39. The number of amides is 1. The lowest BCUT2D eigenvalue weighted by Gasteiger charge is -2.32. The Labute approximate surface area is 69.2 Å². The van der Waals surface area contributed by atoms with Crippen molar-refractivity contribution in [1.29, 1.82) is 0 Å². The Kier molecular flexibility index (Phi) is 2.44. The predicted octanol–water partition coefficient (Wildman–Crippen LogP) is -1.16. The molecule has 12 heavy (non-hydrogen) atoms. The quantitative estimate of drug-likeness (QED) is 0.368. The number of hydrogen-bond donors (Lipinski definition) is 3. The van der Waals surface area contributed by atoms with Gasteiger partial charge in [0.15, 0.2) is 0 Å². The van der Waals surface area contributed by atoms with Gasteiger partial charge in [0.1, 0.15) is 6.04 Å². The van der Waals surface area contributed by atoms with E-state index in [-0.39, 0.29) is 11.9 Å². The van der Waals surface area contributed by atoms with E-state index in [2.05, 4.69) is 5.32 Å². The number of carboxylic acids is 1. The minimum atomic E-state index is -0.991. The summed E-state index contributed by atoms with van der Waals surface area (Å²) in [6, 6.07) is -0.587. The van der Waals surface area contributed by atoms with E-state index in [1.807, 2.05) is 0 Å². The molecule has 1 heterocycles. The summed E-state index contributed by atoms with van der Waals surface area (Å²) in [6.07, 6.45) is 2.99. The molecule has 0 aromatic heterocycles. The van der Waals surface area contributed by atoms with Gasteiger partial charge < -0.3 is 16.2 Å². The molecular weight excluding hydrogens is 160 g/mol. The standard InChI is InChI=1S/C7H10N2O3/c8-6-4(9-7(6)12)2-1-3-5(10)11/h1,3-4,6H,2,8H2,(H,9,12)(H,10,11). The van der Waals surface area contributed by atoms with E-state index in [4.69, 9.17) is 10.8 Å². The van der Waals surface area contributed by atoms with Gasteiger partial charge >= 0.3 is 5.97 Å². The van der Waals surface area contributed by atoms with Gasteiger partial charge in [0.25, 0.3) is 0 Å². The molecule has 1 rings (SSSR count). The zero-order chi connectivity index (χ0) is 9.14. The monoisotopic (exact) mass is 170 g/mol. The predicted molar refractivity (Wildman–Crippen MR) is 41.3 cm³/mol. The highest BCUT2D eigenvalue weighted by Crippen LogP contribution is 2.07. The third-order valence-corrected chi connectivity index (χ3v) is 1.71. The average molecular weight is 170 g/mol. The lowest BCUT2D eigenvalue weighted by Crippen LogP contribution is -2.66. The number of aliphatic carboxylic acids is 1. The summed E-state index contributed by atoms with van der Waals surface area (Å²) in [5.74, 6) is -1.17. The van der Waals surface area contributed by atoms with Gasteiger partial charge in [0, 0.05) is 6.08 Å². The van der Waals surface area contributed by atoms with Gasteiger partial charge in [0.2, 0.25) is 5.91 Å². The summed E-state index contributed by atoms with van der Waals surface area (Å²) >= 11 is 0. The first kappa shape index (κ1) is 8.73. The van der Waals surface area contributed by atoms with E-state index in [9.17, 15) is 9.59 Å². The Morgan fingerprint density at radius 2 is 2.42 bits per heavy atom. The zero-order valence-corrected chi connectivity index (χ0v) is 6.36. The average Bonchev–Trinajstić information content (AvgIpc) is 2.02. The second-order valence-corrected chi connectivity index (χ2v) is 2.62. The second kappa shape index (κ2) is 3.36. The third-order valence-electron chi connectivity index (χ3n) is 1.71. The summed E-state index contributed by atoms with van der Waals surface area (Å²) in [5, 5.41) is 10.8. The maximum absolute atomic E-state index is 10.6. The number of β-lactam (4-membered cyclic amide) rings is 1. The molecule has 5 heteroatoms. The zero-order valence-electron chi connectivity index (χ0n) is 6.36. The van der Waals surface area contributed by atoms with Crippen molar-refractivity contribution in [3.05, 3.63) is 12.2 Å². The highest BCUT2D eigenvalue weighted by atomic mass is 16.4. The van der Waals surface area contributed by atoms with Crippen molar-refractivity contribution in [3.63, 3.8) is 0 Å². The summed E-state index contributed by atoms with van der Waals surface area (Å²) in [4.78, 5) is 20.6. The van der Waals surface area contributed by atoms with Gasteiger partial charge in [-0.05, 0) is 6.42 Å². The molecule has 4 N–H and O–H groups in total. The first-order valence-corrected chi connectivity index (χ1v) is 3.56. The molecule has 1 fully saturated rings. The topological polar surface area (TPSA) is 92.4 Å². The van der Waals surface area contributed by atoms with Crippen molar-refractivity contribution in [1.82, 2.24) is 5.32 Å². The van der Waals surface area contributed by atoms with Crippen LogP contribution >= 0.6 is 0 Å². The van der Waals surface area contributed by atoms with E-state index >= 15 is 0 Å². The first-order chi connectivity index (χ1) is 5.61. The molecule has 1 amide bonds. The fourth-order valence-corrected chi connectivity index (χ4v) is 0.976. The van der Waals surface area contributed by atoms with E-state index in [0.29, 0.717) is 6.42 Å². The number of nitrogens with two attached hydrogens (primary N) is 1. The Morgan fingerprint density at radius 3 is 2.83 bits per heavy atom. The number of nitrogens with one attached hydrogen (secondary N) is 1. The molecule has 0 bridgehead atoms. The van der Waals surface area contributed by atoms with Gasteiger partial charge in [-0.15, -0.1) is 0 Å². The number of hydrogen-bond acceptors (Lipinski definition) is 3. The lowest BCUT2D eigenvalue weighted by atomic mass is 9.97. The van der Waals surface area contributed by atoms with Crippen molar-refractivity contribution >= 4 is 11.9 Å². The Morgan fingerprint density at radius 1 is 1.75 bits per heavy atom. The molecule has 1 aliphatic heterocycles. The van der Waals surface area contributed by atoms with Crippen molar-refractivity contribution in [2.45, 2.75) is 18.5 Å². The van der Waals surface area contributed by atoms with Crippen molar-refractivity contribution in [2.75, 3.05) is 0 Å². The molecule has 66 valence electrons. The van der Waals surface area contributed by atoms with Crippen LogP contribution in [-0.4, -0.2) is 29.1 Å². The van der Waals surface area contributed by atoms with Crippen LogP contribution in [0.5, 0.6) is 0 Å². The molecule has 0 aliphatic carbocycles. The molecule has 2 atom stereocenters. The fraction of sp³-hybridized carbons (Fsp3) is 0.429. The molecule has 0 spiro atoms. The van der Waals surface area contributed by atoms with Crippen LogP contribution in [-0.2, 0) is 9.59 Å². The molecule has 0 aromatic carbocycles. The fourth-order valence-electron chi connectivity index (χ4n) is 0.976.